The van der Waals surface area contributed by atoms with Crippen LogP contribution in [0.4, 0.5) is 11.4 Å². The third kappa shape index (κ3) is 7.91. The molecule has 2 aromatic heterocycles. The van der Waals surface area contributed by atoms with Crippen LogP contribution in [0, 0.1) is 0 Å². The van der Waals surface area contributed by atoms with Gasteiger partial charge in [0.05, 0.1) is 6.42 Å². The summed E-state index contributed by atoms with van der Waals surface area (Å²) in [5, 5.41) is 0. The Kier molecular flexibility index (Phi) is 8.88. The molecule has 0 saturated heterocycles. The summed E-state index contributed by atoms with van der Waals surface area (Å²) in [6, 6.07) is 25.9. The first-order chi connectivity index (χ1) is 18.0. The van der Waals surface area contributed by atoms with Crippen molar-refractivity contribution < 1.29 is 9.13 Å². The molecule has 0 fully saturated rings. The van der Waals surface area contributed by atoms with Gasteiger partial charge in [-0.15, -0.1) is 0 Å². The molecule has 0 aliphatic rings. The monoisotopic (exact) mass is 490 g/mol. The average Bonchev–Trinajstić information content (AvgIpc) is 2.92. The summed E-state index contributed by atoms with van der Waals surface area (Å²) < 4.78 is 4.50. The molecule has 0 aliphatic carbocycles. The molecule has 4 nitrogen and oxygen atoms in total. The van der Waals surface area contributed by atoms with Crippen molar-refractivity contribution in [2.24, 2.45) is 0 Å². The highest BCUT2D eigenvalue weighted by Crippen LogP contribution is 2.15. The van der Waals surface area contributed by atoms with E-state index in [0.717, 1.165) is 19.5 Å². The third-order valence-corrected chi connectivity index (χ3v) is 6.42. The second kappa shape index (κ2) is 12.7. The average molecular weight is 491 g/mol. The van der Waals surface area contributed by atoms with E-state index in [-0.39, 0.29) is 0 Å². The number of nitrogens with zero attached hydrogens (tertiary/aromatic N) is 4. The smallest absolute Gasteiger partial charge is 0.169 e. The highest BCUT2D eigenvalue weighted by molar-refractivity contribution is 5.71. The van der Waals surface area contributed by atoms with Gasteiger partial charge in [0.15, 0.2) is 37.9 Å². The van der Waals surface area contributed by atoms with Crippen LogP contribution >= 0.6 is 0 Å². The SMILES string of the molecule is CN(C)c1ccc(C=Cc2cc[n+](CCC[n+]3ccc(/C=C/c4ccc(N(C)C)cc4)cc3)cc2)cc1. The minimum Gasteiger partial charge on any atom is -0.378 e. The number of rotatable bonds is 10. The van der Waals surface area contributed by atoms with Crippen molar-refractivity contribution >= 4 is 35.7 Å². The molecule has 188 valence electrons. The summed E-state index contributed by atoms with van der Waals surface area (Å²) in [5.41, 5.74) is 7.26. The third-order valence-electron chi connectivity index (χ3n) is 6.42. The maximum absolute atomic E-state index is 2.25. The molecule has 4 rings (SSSR count). The van der Waals surface area contributed by atoms with Crippen LogP contribution in [0.15, 0.2) is 97.6 Å². The topological polar surface area (TPSA) is 14.2 Å². The van der Waals surface area contributed by atoms with Gasteiger partial charge in [0.1, 0.15) is 0 Å². The van der Waals surface area contributed by atoms with E-state index in [1.807, 2.05) is 0 Å². The van der Waals surface area contributed by atoms with E-state index in [1.54, 1.807) is 0 Å². The minimum atomic E-state index is 0.994. The van der Waals surface area contributed by atoms with E-state index < -0.39 is 0 Å². The van der Waals surface area contributed by atoms with E-state index in [2.05, 4.69) is 169 Å². The van der Waals surface area contributed by atoms with Crippen molar-refractivity contribution in [3.05, 3.63) is 120 Å². The Bertz CT molecular complexity index is 1190. The van der Waals surface area contributed by atoms with E-state index in [9.17, 15) is 0 Å². The zero-order valence-corrected chi connectivity index (χ0v) is 22.5. The molecule has 0 atom stereocenters. The normalized spacial score (nSPS) is 11.4. The van der Waals surface area contributed by atoms with Gasteiger partial charge in [-0.3, -0.25) is 0 Å². The number of benzene rings is 2. The quantitative estimate of drug-likeness (QED) is 0.260. The van der Waals surface area contributed by atoms with Crippen LogP contribution in [-0.2, 0) is 13.1 Å². The molecular weight excluding hydrogens is 452 g/mol. The summed E-state index contributed by atoms with van der Waals surface area (Å²) in [6.07, 6.45) is 18.4. The lowest BCUT2D eigenvalue weighted by atomic mass is 10.1. The van der Waals surface area contributed by atoms with E-state index in [4.69, 9.17) is 0 Å². The van der Waals surface area contributed by atoms with Crippen molar-refractivity contribution in [3.63, 3.8) is 0 Å². The van der Waals surface area contributed by atoms with Gasteiger partial charge in [-0.1, -0.05) is 48.6 Å². The summed E-state index contributed by atoms with van der Waals surface area (Å²) in [5.74, 6) is 0. The molecule has 2 aromatic carbocycles. The highest BCUT2D eigenvalue weighted by Gasteiger charge is 2.05. The Morgan fingerprint density at radius 1 is 0.459 bits per heavy atom. The molecule has 4 heteroatoms. The largest absolute Gasteiger partial charge is 0.378 e. The molecule has 0 amide bonds. The van der Waals surface area contributed by atoms with Gasteiger partial charge in [-0.25, -0.2) is 9.13 Å². The lowest BCUT2D eigenvalue weighted by Crippen LogP contribution is -2.38. The van der Waals surface area contributed by atoms with Crippen LogP contribution in [-0.4, -0.2) is 28.2 Å². The van der Waals surface area contributed by atoms with E-state index in [1.165, 1.54) is 33.6 Å². The Morgan fingerprint density at radius 2 is 0.757 bits per heavy atom. The number of aromatic nitrogens is 2. The van der Waals surface area contributed by atoms with Crippen molar-refractivity contribution in [3.8, 4) is 0 Å². The summed E-state index contributed by atoms with van der Waals surface area (Å²) in [4.78, 5) is 4.23. The van der Waals surface area contributed by atoms with Crippen LogP contribution in [0.1, 0.15) is 28.7 Å². The zero-order valence-electron chi connectivity index (χ0n) is 22.5. The van der Waals surface area contributed by atoms with Gasteiger partial charge >= 0.3 is 0 Å². The van der Waals surface area contributed by atoms with Gasteiger partial charge in [-0.2, -0.15) is 0 Å². The van der Waals surface area contributed by atoms with Gasteiger partial charge < -0.3 is 9.80 Å². The Hall–Kier alpha value is -4.18. The summed E-state index contributed by atoms with van der Waals surface area (Å²) >= 11 is 0. The molecule has 0 spiro atoms. The number of hydrogen-bond donors (Lipinski definition) is 0. The summed E-state index contributed by atoms with van der Waals surface area (Å²) in [7, 11) is 8.24. The van der Waals surface area contributed by atoms with Crippen LogP contribution in [0.3, 0.4) is 0 Å². The van der Waals surface area contributed by atoms with Crippen molar-refractivity contribution in [1.29, 1.82) is 0 Å². The second-order valence-electron chi connectivity index (χ2n) is 9.73. The molecule has 0 aliphatic heterocycles. The predicted octanol–water partition coefficient (Wildman–Crippen LogP) is 5.82. The Balaban J connectivity index is 1.23. The van der Waals surface area contributed by atoms with Crippen LogP contribution in [0.5, 0.6) is 0 Å². The number of hydrogen-bond acceptors (Lipinski definition) is 2. The van der Waals surface area contributed by atoms with Crippen LogP contribution in [0.2, 0.25) is 0 Å². The summed E-state index contributed by atoms with van der Waals surface area (Å²) in [6.45, 7) is 1.99. The van der Waals surface area contributed by atoms with Gasteiger partial charge in [0.25, 0.3) is 0 Å². The number of anilines is 2. The fourth-order valence-electron chi connectivity index (χ4n) is 4.05. The second-order valence-corrected chi connectivity index (χ2v) is 9.73. The minimum absolute atomic E-state index is 0.994. The Morgan fingerprint density at radius 3 is 1.05 bits per heavy atom. The lowest BCUT2D eigenvalue weighted by Gasteiger charge is -2.11. The molecule has 0 bridgehead atoms. The Labute approximate surface area is 222 Å². The molecule has 4 aromatic rings. The highest BCUT2D eigenvalue weighted by atomic mass is 15.1. The van der Waals surface area contributed by atoms with Crippen molar-refractivity contribution in [2.75, 3.05) is 38.0 Å². The first-order valence-electron chi connectivity index (χ1n) is 12.9. The van der Waals surface area contributed by atoms with E-state index >= 15 is 0 Å². The molecular formula is C33H38N4+2. The molecule has 2 heterocycles. The molecule has 0 saturated carbocycles. The number of aryl methyl sites for hydroxylation is 2. The molecule has 0 unspecified atom stereocenters. The van der Waals surface area contributed by atoms with Crippen LogP contribution in [0.25, 0.3) is 24.3 Å². The molecule has 0 N–H and O–H groups in total. The fourth-order valence-corrected chi connectivity index (χ4v) is 4.05. The van der Waals surface area contributed by atoms with Crippen LogP contribution < -0.4 is 18.9 Å². The predicted molar refractivity (Wildman–Crippen MR) is 157 cm³/mol. The first kappa shape index (κ1) is 25.9. The van der Waals surface area contributed by atoms with Gasteiger partial charge in [0, 0.05) is 63.8 Å². The fraction of sp³-hybridized carbons (Fsp3) is 0.212. The van der Waals surface area contributed by atoms with E-state index in [0.29, 0.717) is 0 Å². The zero-order chi connectivity index (χ0) is 26.0. The standard InChI is InChI=1S/C33H38N4/c1-34(2)32-14-10-28(11-15-32)6-8-30-18-24-36(25-19-30)22-5-23-37-26-20-31(21-27-37)9-7-29-12-16-33(17-13-29)35(3)4/h6-21,24-27H,5,22-23H2,1-4H3/q+2. The van der Waals surface area contributed by atoms with Gasteiger partial charge in [-0.05, 0) is 46.5 Å². The van der Waals surface area contributed by atoms with Crippen molar-refractivity contribution in [1.82, 2.24) is 0 Å². The number of pyridine rings is 2. The van der Waals surface area contributed by atoms with Gasteiger partial charge in [0.2, 0.25) is 0 Å². The van der Waals surface area contributed by atoms with Crippen molar-refractivity contribution in [2.45, 2.75) is 19.5 Å². The molecule has 37 heavy (non-hydrogen) atoms. The maximum atomic E-state index is 2.25. The maximum Gasteiger partial charge on any atom is 0.169 e. The first-order valence-corrected chi connectivity index (χ1v) is 12.9. The lowest BCUT2D eigenvalue weighted by molar-refractivity contribution is -0.726. The molecule has 0 radical (unpaired) electrons.